The van der Waals surface area contributed by atoms with Gasteiger partial charge < -0.3 is 0 Å². The van der Waals surface area contributed by atoms with Crippen molar-refractivity contribution in [3.63, 3.8) is 0 Å². The number of hydrogen-bond donors (Lipinski definition) is 1. The molecule has 0 amide bonds. The average molecular weight is 286 g/mol. The Labute approximate surface area is 121 Å². The van der Waals surface area contributed by atoms with Gasteiger partial charge in [0.25, 0.3) is 0 Å². The zero-order valence-electron chi connectivity index (χ0n) is 12.0. The van der Waals surface area contributed by atoms with Crippen LogP contribution in [0.5, 0.6) is 0 Å². The molecule has 0 fully saturated rings. The van der Waals surface area contributed by atoms with E-state index in [-0.39, 0.29) is 11.7 Å². The molecule has 3 rings (SSSR count). The number of rotatable bonds is 2. The predicted molar refractivity (Wildman–Crippen MR) is 76.5 cm³/mol. The molecule has 1 unspecified atom stereocenters. The Kier molecular flexibility index (Phi) is 3.34. The summed E-state index contributed by atoms with van der Waals surface area (Å²) in [5, 5.41) is 1.59. The van der Waals surface area contributed by atoms with Gasteiger partial charge in [-0.25, -0.2) is 25.4 Å². The minimum atomic E-state index is -0.571. The normalized spacial score (nSPS) is 18.0. The molecule has 108 valence electrons. The van der Waals surface area contributed by atoms with Crippen LogP contribution < -0.4 is 10.4 Å². The van der Waals surface area contributed by atoms with Crippen LogP contribution in [-0.2, 0) is 0 Å². The van der Waals surface area contributed by atoms with Gasteiger partial charge in [0.05, 0.1) is 17.9 Å². The van der Waals surface area contributed by atoms with Gasteiger partial charge in [-0.1, -0.05) is 0 Å². The van der Waals surface area contributed by atoms with Crippen molar-refractivity contribution in [2.45, 2.75) is 26.8 Å². The fourth-order valence-corrected chi connectivity index (χ4v) is 2.26. The van der Waals surface area contributed by atoms with Gasteiger partial charge in [-0.05, 0) is 26.3 Å². The average Bonchev–Trinajstić information content (AvgIpc) is 2.84. The topological polar surface area (TPSA) is 66.8 Å². The molecule has 7 heteroatoms. The number of nitrogens with zero attached hydrogens (tertiary/aromatic N) is 5. The van der Waals surface area contributed by atoms with Gasteiger partial charge in [-0.15, -0.1) is 0 Å². The third-order valence-corrected chi connectivity index (χ3v) is 3.34. The van der Waals surface area contributed by atoms with Gasteiger partial charge >= 0.3 is 0 Å². The van der Waals surface area contributed by atoms with Gasteiger partial charge in [-0.2, -0.15) is 4.39 Å². The van der Waals surface area contributed by atoms with E-state index in [4.69, 9.17) is 0 Å². The monoisotopic (exact) mass is 286 g/mol. The second-order valence-electron chi connectivity index (χ2n) is 4.95. The third-order valence-electron chi connectivity index (χ3n) is 3.34. The first-order chi connectivity index (χ1) is 10.1. The molecule has 0 saturated carbocycles. The minimum Gasteiger partial charge on any atom is -0.277 e. The van der Waals surface area contributed by atoms with E-state index in [1.165, 1.54) is 12.5 Å². The molecule has 0 spiro atoms. The molecule has 0 radical (unpaired) electrons. The Morgan fingerprint density at radius 2 is 2.05 bits per heavy atom. The molecule has 1 aliphatic rings. The molecule has 1 aliphatic heterocycles. The van der Waals surface area contributed by atoms with Crippen molar-refractivity contribution in [2.24, 2.45) is 0 Å². The summed E-state index contributed by atoms with van der Waals surface area (Å²) in [5.41, 5.74) is 6.26. The van der Waals surface area contributed by atoms with Crippen molar-refractivity contribution >= 4 is 11.3 Å². The minimum absolute atomic E-state index is 0.00222. The van der Waals surface area contributed by atoms with E-state index in [0.717, 1.165) is 16.8 Å². The fourth-order valence-electron chi connectivity index (χ4n) is 2.26. The number of hydrogen-bond acceptors (Lipinski definition) is 6. The van der Waals surface area contributed by atoms with Crippen LogP contribution >= 0.6 is 0 Å². The number of aryl methyl sites for hydroxylation is 2. The lowest BCUT2D eigenvalue weighted by Gasteiger charge is -2.17. The second-order valence-corrected chi connectivity index (χ2v) is 4.95. The van der Waals surface area contributed by atoms with E-state index in [1.807, 2.05) is 27.0 Å². The number of anilines is 1. The first kappa shape index (κ1) is 13.6. The summed E-state index contributed by atoms with van der Waals surface area (Å²) in [6.45, 7) is 5.79. The van der Waals surface area contributed by atoms with Gasteiger partial charge in [0, 0.05) is 18.0 Å². The van der Waals surface area contributed by atoms with E-state index in [0.29, 0.717) is 5.82 Å². The molecule has 21 heavy (non-hydrogen) atoms. The first-order valence-corrected chi connectivity index (χ1v) is 6.59. The Balaban J connectivity index is 2.02. The van der Waals surface area contributed by atoms with Crippen LogP contribution in [0.4, 0.5) is 10.1 Å². The highest BCUT2D eigenvalue weighted by Crippen LogP contribution is 2.28. The van der Waals surface area contributed by atoms with Gasteiger partial charge in [0.2, 0.25) is 5.95 Å². The molecular formula is C14H15FN6. The summed E-state index contributed by atoms with van der Waals surface area (Å²) in [5.74, 6) is 0.133. The molecule has 6 nitrogen and oxygen atoms in total. The SMILES string of the molecule is Cc1ncc(C)c(C2=CN(c3cncnc3F)NC2C)n1. The molecule has 0 bridgehead atoms. The molecule has 0 saturated heterocycles. The zero-order chi connectivity index (χ0) is 15.0. The number of halogens is 1. The fraction of sp³-hybridized carbons (Fsp3) is 0.286. The van der Waals surface area contributed by atoms with Crippen LogP contribution in [-0.4, -0.2) is 26.0 Å². The van der Waals surface area contributed by atoms with Crippen LogP contribution in [0.2, 0.25) is 0 Å². The molecule has 2 aromatic heterocycles. The largest absolute Gasteiger partial charge is 0.277 e. The quantitative estimate of drug-likeness (QED) is 0.849. The van der Waals surface area contributed by atoms with E-state index < -0.39 is 5.95 Å². The first-order valence-electron chi connectivity index (χ1n) is 6.59. The summed E-state index contributed by atoms with van der Waals surface area (Å²) in [7, 11) is 0. The molecular weight excluding hydrogens is 271 g/mol. The Bertz CT molecular complexity index is 714. The Morgan fingerprint density at radius 1 is 1.24 bits per heavy atom. The van der Waals surface area contributed by atoms with E-state index in [1.54, 1.807) is 11.2 Å². The molecule has 2 aromatic rings. The van der Waals surface area contributed by atoms with Crippen LogP contribution in [0.1, 0.15) is 24.0 Å². The zero-order valence-corrected chi connectivity index (χ0v) is 12.0. The van der Waals surface area contributed by atoms with Crippen LogP contribution in [0.15, 0.2) is 24.9 Å². The molecule has 0 aromatic carbocycles. The lowest BCUT2D eigenvalue weighted by Crippen LogP contribution is -2.35. The maximum atomic E-state index is 13.8. The predicted octanol–water partition coefficient (Wildman–Crippen LogP) is 1.78. The van der Waals surface area contributed by atoms with Crippen LogP contribution in [0.25, 0.3) is 5.57 Å². The molecule has 1 N–H and O–H groups in total. The highest BCUT2D eigenvalue weighted by atomic mass is 19.1. The lowest BCUT2D eigenvalue weighted by molar-refractivity contribution is 0.567. The maximum Gasteiger partial charge on any atom is 0.241 e. The summed E-state index contributed by atoms with van der Waals surface area (Å²) < 4.78 is 13.8. The summed E-state index contributed by atoms with van der Waals surface area (Å²) in [6.07, 6.45) is 6.22. The lowest BCUT2D eigenvalue weighted by atomic mass is 10.0. The number of aromatic nitrogens is 4. The Morgan fingerprint density at radius 3 is 2.81 bits per heavy atom. The summed E-state index contributed by atoms with van der Waals surface area (Å²) in [4.78, 5) is 16.1. The van der Waals surface area contributed by atoms with Crippen molar-refractivity contribution < 1.29 is 4.39 Å². The molecule has 1 atom stereocenters. The van der Waals surface area contributed by atoms with Gasteiger partial charge in [0.1, 0.15) is 17.8 Å². The van der Waals surface area contributed by atoms with E-state index in [9.17, 15) is 4.39 Å². The van der Waals surface area contributed by atoms with E-state index in [2.05, 4.69) is 25.4 Å². The number of nitrogens with one attached hydrogen (secondary N) is 1. The smallest absolute Gasteiger partial charge is 0.241 e. The molecule has 0 aliphatic carbocycles. The van der Waals surface area contributed by atoms with Crippen molar-refractivity contribution in [3.8, 4) is 0 Å². The highest BCUT2D eigenvalue weighted by molar-refractivity contribution is 5.74. The van der Waals surface area contributed by atoms with E-state index >= 15 is 0 Å². The van der Waals surface area contributed by atoms with Crippen LogP contribution in [0.3, 0.4) is 0 Å². The van der Waals surface area contributed by atoms with Crippen molar-refractivity contribution in [3.05, 3.63) is 48.0 Å². The summed E-state index contributed by atoms with van der Waals surface area (Å²) >= 11 is 0. The highest BCUT2D eigenvalue weighted by Gasteiger charge is 2.26. The van der Waals surface area contributed by atoms with Crippen molar-refractivity contribution in [1.29, 1.82) is 0 Å². The molecule has 3 heterocycles. The second kappa shape index (κ2) is 5.17. The third kappa shape index (κ3) is 2.47. The maximum absolute atomic E-state index is 13.8. The van der Waals surface area contributed by atoms with Crippen molar-refractivity contribution in [1.82, 2.24) is 25.4 Å². The van der Waals surface area contributed by atoms with Gasteiger partial charge in [-0.3, -0.25) is 5.01 Å². The Hall–Kier alpha value is -2.41. The van der Waals surface area contributed by atoms with Crippen molar-refractivity contribution in [2.75, 3.05) is 5.01 Å². The van der Waals surface area contributed by atoms with Gasteiger partial charge in [0.15, 0.2) is 0 Å². The summed E-state index contributed by atoms with van der Waals surface area (Å²) in [6, 6.07) is -0.00222. The number of hydrazine groups is 1. The van der Waals surface area contributed by atoms with Crippen LogP contribution in [0, 0.1) is 19.8 Å². The standard InChI is InChI=1S/C14H15FN6/c1-8-4-17-10(3)19-13(8)11-6-21(20-9(11)2)12-5-16-7-18-14(12)15/h4-7,9,20H,1-3H3.